The molecule has 6 nitrogen and oxygen atoms in total. The number of carbonyl (C=O) groups is 1. The van der Waals surface area contributed by atoms with Gasteiger partial charge in [-0.05, 0) is 35.9 Å². The van der Waals surface area contributed by atoms with Crippen LogP contribution in [0.15, 0.2) is 47.5 Å². The van der Waals surface area contributed by atoms with Crippen LogP contribution in [-0.2, 0) is 17.8 Å². The Morgan fingerprint density at radius 2 is 1.74 bits per heavy atom. The summed E-state index contributed by atoms with van der Waals surface area (Å²) in [5.74, 6) is -0.528. The molecular formula is C18H21F2IN4O2. The molecular weight excluding hydrogens is 469 g/mol. The van der Waals surface area contributed by atoms with E-state index in [9.17, 15) is 13.6 Å². The van der Waals surface area contributed by atoms with Crippen LogP contribution in [0, 0.1) is 11.6 Å². The quantitative estimate of drug-likeness (QED) is 0.340. The van der Waals surface area contributed by atoms with Gasteiger partial charge in [-0.25, -0.2) is 13.6 Å². The third-order valence-electron chi connectivity index (χ3n) is 3.52. The standard InChI is InChI=1S/C18H20F2N4O2.HI/c1-21-17(23-11-13-9-14(19)5-8-16(13)20)22-10-12-3-6-15(7-4-12)24-18(25)26-2;/h3-9H,10-11H2,1-2H3,(H,24,25)(H2,21,22,23);1H. The number of methoxy groups -OCH3 is 1. The molecule has 146 valence electrons. The molecule has 2 rings (SSSR count). The molecule has 0 unspecified atom stereocenters. The first kappa shape index (κ1) is 22.6. The molecule has 0 aliphatic carbocycles. The largest absolute Gasteiger partial charge is 0.453 e. The SMILES string of the molecule is CN=C(NCc1ccc(NC(=O)OC)cc1)NCc1cc(F)ccc1F.I. The highest BCUT2D eigenvalue weighted by atomic mass is 127. The zero-order chi connectivity index (χ0) is 18.9. The lowest BCUT2D eigenvalue weighted by Crippen LogP contribution is -2.36. The van der Waals surface area contributed by atoms with Gasteiger partial charge in [-0.2, -0.15) is 0 Å². The maximum absolute atomic E-state index is 13.6. The van der Waals surface area contributed by atoms with E-state index in [1.807, 2.05) is 12.1 Å². The van der Waals surface area contributed by atoms with Crippen molar-refractivity contribution in [2.75, 3.05) is 19.5 Å². The van der Waals surface area contributed by atoms with Crippen molar-refractivity contribution in [2.24, 2.45) is 4.99 Å². The molecule has 0 atom stereocenters. The van der Waals surface area contributed by atoms with Crippen molar-refractivity contribution in [3.05, 3.63) is 65.2 Å². The minimum absolute atomic E-state index is 0. The third-order valence-corrected chi connectivity index (χ3v) is 3.52. The number of hydrogen-bond donors (Lipinski definition) is 3. The Balaban J connectivity index is 0.00000364. The van der Waals surface area contributed by atoms with Gasteiger partial charge in [0.15, 0.2) is 5.96 Å². The number of nitrogens with one attached hydrogen (secondary N) is 3. The number of carbonyl (C=O) groups excluding carboxylic acids is 1. The van der Waals surface area contributed by atoms with Gasteiger partial charge < -0.3 is 15.4 Å². The number of guanidine groups is 1. The van der Waals surface area contributed by atoms with E-state index in [4.69, 9.17) is 0 Å². The second kappa shape index (κ2) is 11.3. The number of anilines is 1. The van der Waals surface area contributed by atoms with E-state index >= 15 is 0 Å². The highest BCUT2D eigenvalue weighted by Gasteiger charge is 2.06. The summed E-state index contributed by atoms with van der Waals surface area (Å²) in [6, 6.07) is 10.5. The summed E-state index contributed by atoms with van der Waals surface area (Å²) < 4.78 is 31.3. The van der Waals surface area contributed by atoms with Crippen LogP contribution in [0.25, 0.3) is 0 Å². The predicted molar refractivity (Wildman–Crippen MR) is 111 cm³/mol. The Hall–Kier alpha value is -2.43. The van der Waals surface area contributed by atoms with Gasteiger partial charge in [-0.15, -0.1) is 24.0 Å². The molecule has 0 saturated heterocycles. The van der Waals surface area contributed by atoms with Gasteiger partial charge in [-0.3, -0.25) is 10.3 Å². The molecule has 9 heteroatoms. The minimum atomic E-state index is -0.537. The van der Waals surface area contributed by atoms with Crippen LogP contribution < -0.4 is 16.0 Å². The fraction of sp³-hybridized carbons (Fsp3) is 0.222. The molecule has 3 N–H and O–H groups in total. The van der Waals surface area contributed by atoms with Crippen LogP contribution in [0.1, 0.15) is 11.1 Å². The predicted octanol–water partition coefficient (Wildman–Crippen LogP) is 3.63. The van der Waals surface area contributed by atoms with Gasteiger partial charge in [0.05, 0.1) is 7.11 Å². The van der Waals surface area contributed by atoms with Gasteiger partial charge >= 0.3 is 6.09 Å². The van der Waals surface area contributed by atoms with Gasteiger partial charge in [0.1, 0.15) is 11.6 Å². The Labute approximate surface area is 173 Å². The molecule has 1 amide bonds. The lowest BCUT2D eigenvalue weighted by atomic mass is 10.2. The van der Waals surface area contributed by atoms with E-state index in [1.165, 1.54) is 7.11 Å². The molecule has 0 heterocycles. The zero-order valence-electron chi connectivity index (χ0n) is 14.9. The van der Waals surface area contributed by atoms with E-state index in [1.54, 1.807) is 19.2 Å². The van der Waals surface area contributed by atoms with Crippen molar-refractivity contribution >= 4 is 41.7 Å². The van der Waals surface area contributed by atoms with Crippen LogP contribution in [-0.4, -0.2) is 26.2 Å². The normalized spacial score (nSPS) is 10.6. The van der Waals surface area contributed by atoms with E-state index in [0.717, 1.165) is 23.8 Å². The second-order valence-electron chi connectivity index (χ2n) is 5.33. The highest BCUT2D eigenvalue weighted by Crippen LogP contribution is 2.10. The Morgan fingerprint density at radius 1 is 1.07 bits per heavy atom. The summed E-state index contributed by atoms with van der Waals surface area (Å²) >= 11 is 0. The van der Waals surface area contributed by atoms with Crippen molar-refractivity contribution in [1.29, 1.82) is 0 Å². The first-order chi connectivity index (χ1) is 12.5. The minimum Gasteiger partial charge on any atom is -0.453 e. The number of hydrogen-bond acceptors (Lipinski definition) is 3. The number of aliphatic imine (C=N–C) groups is 1. The van der Waals surface area contributed by atoms with E-state index in [-0.39, 0.29) is 36.1 Å². The second-order valence-corrected chi connectivity index (χ2v) is 5.33. The van der Waals surface area contributed by atoms with Crippen LogP contribution in [0.4, 0.5) is 19.3 Å². The van der Waals surface area contributed by atoms with Gasteiger partial charge in [0.25, 0.3) is 0 Å². The zero-order valence-corrected chi connectivity index (χ0v) is 17.2. The lowest BCUT2D eigenvalue weighted by molar-refractivity contribution is 0.187. The summed E-state index contributed by atoms with van der Waals surface area (Å²) in [6.07, 6.45) is -0.537. The summed E-state index contributed by atoms with van der Waals surface area (Å²) in [7, 11) is 2.88. The van der Waals surface area contributed by atoms with Gasteiger partial charge in [0.2, 0.25) is 0 Å². The topological polar surface area (TPSA) is 74.8 Å². The van der Waals surface area contributed by atoms with E-state index in [2.05, 4.69) is 25.7 Å². The number of amides is 1. The molecule has 2 aromatic carbocycles. The van der Waals surface area contributed by atoms with Crippen LogP contribution in [0.3, 0.4) is 0 Å². The van der Waals surface area contributed by atoms with Crippen molar-refractivity contribution in [2.45, 2.75) is 13.1 Å². The Bertz CT molecular complexity index is 785. The maximum atomic E-state index is 13.6. The molecule has 0 bridgehead atoms. The average Bonchev–Trinajstić information content (AvgIpc) is 2.65. The summed E-state index contributed by atoms with van der Waals surface area (Å²) in [5.41, 5.74) is 1.77. The maximum Gasteiger partial charge on any atom is 0.411 e. The van der Waals surface area contributed by atoms with E-state index < -0.39 is 17.7 Å². The summed E-state index contributed by atoms with van der Waals surface area (Å²) in [5, 5.41) is 8.56. The number of rotatable bonds is 5. The number of halogens is 3. The Morgan fingerprint density at radius 3 is 2.37 bits per heavy atom. The molecule has 0 saturated carbocycles. The smallest absolute Gasteiger partial charge is 0.411 e. The van der Waals surface area contributed by atoms with Gasteiger partial charge in [0, 0.05) is 31.4 Å². The molecule has 0 aromatic heterocycles. The summed E-state index contributed by atoms with van der Waals surface area (Å²) in [6.45, 7) is 0.565. The highest BCUT2D eigenvalue weighted by molar-refractivity contribution is 14.0. The van der Waals surface area contributed by atoms with Crippen molar-refractivity contribution in [3.8, 4) is 0 Å². The molecule has 2 aromatic rings. The number of nitrogens with zero attached hydrogens (tertiary/aromatic N) is 1. The van der Waals surface area contributed by atoms with Crippen molar-refractivity contribution < 1.29 is 18.3 Å². The van der Waals surface area contributed by atoms with Crippen LogP contribution in [0.5, 0.6) is 0 Å². The number of ether oxygens (including phenoxy) is 1. The first-order valence-electron chi connectivity index (χ1n) is 7.84. The molecule has 0 radical (unpaired) electrons. The fourth-order valence-electron chi connectivity index (χ4n) is 2.14. The third kappa shape index (κ3) is 7.37. The molecule has 0 fully saturated rings. The molecule has 0 spiro atoms. The molecule has 0 aliphatic rings. The molecule has 27 heavy (non-hydrogen) atoms. The lowest BCUT2D eigenvalue weighted by Gasteiger charge is -2.13. The van der Waals surface area contributed by atoms with Crippen molar-refractivity contribution in [3.63, 3.8) is 0 Å². The van der Waals surface area contributed by atoms with Crippen molar-refractivity contribution in [1.82, 2.24) is 10.6 Å². The Kier molecular flexibility index (Phi) is 9.48. The van der Waals surface area contributed by atoms with E-state index in [0.29, 0.717) is 18.2 Å². The molecule has 0 aliphatic heterocycles. The number of benzene rings is 2. The van der Waals surface area contributed by atoms with Gasteiger partial charge in [-0.1, -0.05) is 12.1 Å². The van der Waals surface area contributed by atoms with Crippen LogP contribution in [0.2, 0.25) is 0 Å². The van der Waals surface area contributed by atoms with Crippen LogP contribution >= 0.6 is 24.0 Å². The monoisotopic (exact) mass is 490 g/mol. The first-order valence-corrected chi connectivity index (χ1v) is 7.84. The fourth-order valence-corrected chi connectivity index (χ4v) is 2.14. The average molecular weight is 490 g/mol. The summed E-state index contributed by atoms with van der Waals surface area (Å²) in [4.78, 5) is 15.2.